The average molecular weight is 412 g/mol. The van der Waals surface area contributed by atoms with Gasteiger partial charge in [0.15, 0.2) is 0 Å². The second-order valence-corrected chi connectivity index (χ2v) is 7.71. The Morgan fingerprint density at radius 1 is 1.13 bits per heavy atom. The summed E-state index contributed by atoms with van der Waals surface area (Å²) in [6.07, 6.45) is 2.00. The fraction of sp³-hybridized carbons (Fsp3) is 0.231. The van der Waals surface area contributed by atoms with Crippen molar-refractivity contribution in [1.29, 1.82) is 5.26 Å². The number of anilines is 2. The summed E-state index contributed by atoms with van der Waals surface area (Å²) in [7, 11) is 0. The van der Waals surface area contributed by atoms with Gasteiger partial charge in [0.25, 0.3) is 0 Å². The van der Waals surface area contributed by atoms with E-state index >= 15 is 0 Å². The third-order valence-corrected chi connectivity index (χ3v) is 5.45. The molecule has 0 spiro atoms. The quantitative estimate of drug-likeness (QED) is 0.625. The van der Waals surface area contributed by atoms with E-state index in [1.807, 2.05) is 72.5 Å². The molecule has 0 fully saturated rings. The molecule has 4 rings (SSSR count). The molecule has 0 aliphatic carbocycles. The van der Waals surface area contributed by atoms with Gasteiger partial charge in [0.2, 0.25) is 5.91 Å². The minimum Gasteiger partial charge on any atom is -0.489 e. The topological polar surface area (TPSA) is 65.4 Å². The van der Waals surface area contributed by atoms with Crippen LogP contribution in [0.3, 0.4) is 0 Å². The number of nitrogens with one attached hydrogen (secondary N) is 1. The number of rotatable bonds is 6. The van der Waals surface area contributed by atoms with Crippen molar-refractivity contribution in [2.75, 3.05) is 16.8 Å². The van der Waals surface area contributed by atoms with E-state index in [9.17, 15) is 4.79 Å². The highest BCUT2D eigenvalue weighted by Gasteiger charge is 2.26. The zero-order valence-corrected chi connectivity index (χ0v) is 17.5. The number of amides is 1. The Morgan fingerprint density at radius 3 is 2.74 bits per heavy atom. The monoisotopic (exact) mass is 411 g/mol. The van der Waals surface area contributed by atoms with Crippen molar-refractivity contribution in [3.63, 3.8) is 0 Å². The lowest BCUT2D eigenvalue weighted by atomic mass is 10.0. The highest BCUT2D eigenvalue weighted by molar-refractivity contribution is 5.99. The maximum atomic E-state index is 13.1. The average Bonchev–Trinajstić information content (AvgIpc) is 2.83. The van der Waals surface area contributed by atoms with Crippen LogP contribution in [0.4, 0.5) is 11.4 Å². The highest BCUT2D eigenvalue weighted by Crippen LogP contribution is 2.27. The molecule has 0 saturated carbocycles. The summed E-state index contributed by atoms with van der Waals surface area (Å²) in [4.78, 5) is 15.0. The van der Waals surface area contributed by atoms with Crippen LogP contribution in [0.1, 0.15) is 30.0 Å². The van der Waals surface area contributed by atoms with Crippen molar-refractivity contribution in [2.24, 2.45) is 0 Å². The molecule has 1 N–H and O–H groups in total. The molecule has 1 unspecified atom stereocenters. The zero-order chi connectivity index (χ0) is 21.6. The Labute approximate surface area is 182 Å². The van der Waals surface area contributed by atoms with Crippen LogP contribution < -0.4 is 15.0 Å². The number of fused-ring (bicyclic) bond motifs is 1. The summed E-state index contributed by atoms with van der Waals surface area (Å²) >= 11 is 0. The standard InChI is InChI=1S/C26H25N3O2/c1-19(26(30)29-15-5-9-22-8-2-3-10-25(22)29)28-23-11-13-24(14-12-23)31-18-21-7-4-6-20(16-21)17-27/h2-4,6-8,10-14,16,19,28H,5,9,15,18H2,1H3. The van der Waals surface area contributed by atoms with Crippen LogP contribution in [0.5, 0.6) is 5.75 Å². The van der Waals surface area contributed by atoms with E-state index in [0.717, 1.165) is 42.1 Å². The highest BCUT2D eigenvalue weighted by atomic mass is 16.5. The minimum atomic E-state index is -0.341. The Kier molecular flexibility index (Phi) is 6.18. The van der Waals surface area contributed by atoms with Gasteiger partial charge in [-0.3, -0.25) is 4.79 Å². The van der Waals surface area contributed by atoms with Gasteiger partial charge in [-0.15, -0.1) is 0 Å². The lowest BCUT2D eigenvalue weighted by Crippen LogP contribution is -2.44. The van der Waals surface area contributed by atoms with Crippen LogP contribution in [0, 0.1) is 11.3 Å². The van der Waals surface area contributed by atoms with Crippen molar-refractivity contribution < 1.29 is 9.53 Å². The number of aryl methyl sites for hydroxylation is 1. The summed E-state index contributed by atoms with van der Waals surface area (Å²) < 4.78 is 5.82. The summed E-state index contributed by atoms with van der Waals surface area (Å²) in [6, 6.07) is 24.9. The lowest BCUT2D eigenvalue weighted by Gasteiger charge is -2.32. The van der Waals surface area contributed by atoms with E-state index in [1.54, 1.807) is 6.07 Å². The molecule has 5 heteroatoms. The molecule has 1 heterocycles. The molecule has 1 atom stereocenters. The third kappa shape index (κ3) is 4.87. The van der Waals surface area contributed by atoms with Gasteiger partial charge >= 0.3 is 0 Å². The second-order valence-electron chi connectivity index (χ2n) is 7.71. The van der Waals surface area contributed by atoms with Crippen LogP contribution in [0.15, 0.2) is 72.8 Å². The first-order chi connectivity index (χ1) is 15.1. The van der Waals surface area contributed by atoms with E-state index in [1.165, 1.54) is 5.56 Å². The van der Waals surface area contributed by atoms with Crippen LogP contribution in [0.25, 0.3) is 0 Å². The molecule has 0 bridgehead atoms. The molecule has 1 aliphatic heterocycles. The number of nitriles is 1. The van der Waals surface area contributed by atoms with E-state index in [0.29, 0.717) is 12.2 Å². The molecule has 156 valence electrons. The fourth-order valence-corrected chi connectivity index (χ4v) is 3.85. The summed E-state index contributed by atoms with van der Waals surface area (Å²) in [5.41, 5.74) is 4.69. The number of hydrogen-bond donors (Lipinski definition) is 1. The van der Waals surface area contributed by atoms with E-state index in [2.05, 4.69) is 17.5 Å². The molecule has 31 heavy (non-hydrogen) atoms. The van der Waals surface area contributed by atoms with Gasteiger partial charge in [-0.25, -0.2) is 0 Å². The van der Waals surface area contributed by atoms with Crippen LogP contribution >= 0.6 is 0 Å². The lowest BCUT2D eigenvalue weighted by molar-refractivity contribution is -0.119. The SMILES string of the molecule is CC(Nc1ccc(OCc2cccc(C#N)c2)cc1)C(=O)N1CCCc2ccccc21. The molecular formula is C26H25N3O2. The van der Waals surface area contributed by atoms with E-state index < -0.39 is 0 Å². The Balaban J connectivity index is 1.35. The first-order valence-corrected chi connectivity index (χ1v) is 10.5. The smallest absolute Gasteiger partial charge is 0.249 e. The predicted octanol–water partition coefficient (Wildman–Crippen LogP) is 4.92. The van der Waals surface area contributed by atoms with Crippen molar-refractivity contribution in [3.8, 4) is 11.8 Å². The Morgan fingerprint density at radius 2 is 1.94 bits per heavy atom. The number of benzene rings is 3. The van der Waals surface area contributed by atoms with E-state index in [4.69, 9.17) is 10.00 Å². The number of carbonyl (C=O) groups excluding carboxylic acids is 1. The summed E-state index contributed by atoms with van der Waals surface area (Å²) in [5, 5.41) is 12.3. The summed E-state index contributed by atoms with van der Waals surface area (Å²) in [5.74, 6) is 0.807. The number of para-hydroxylation sites is 1. The molecule has 0 saturated heterocycles. The Hall–Kier alpha value is -3.78. The maximum absolute atomic E-state index is 13.1. The first kappa shape index (κ1) is 20.5. The number of ether oxygens (including phenoxy) is 1. The van der Waals surface area contributed by atoms with Crippen molar-refractivity contribution in [2.45, 2.75) is 32.4 Å². The number of hydrogen-bond acceptors (Lipinski definition) is 4. The molecule has 3 aromatic carbocycles. The van der Waals surface area contributed by atoms with Gasteiger partial charge in [-0.2, -0.15) is 5.26 Å². The van der Waals surface area contributed by atoms with Crippen LogP contribution in [-0.2, 0) is 17.8 Å². The van der Waals surface area contributed by atoms with Gasteiger partial charge < -0.3 is 15.0 Å². The molecule has 0 aromatic heterocycles. The Bertz CT molecular complexity index is 1100. The number of carbonyl (C=O) groups is 1. The molecule has 3 aromatic rings. The molecule has 1 amide bonds. The molecular weight excluding hydrogens is 386 g/mol. The van der Waals surface area contributed by atoms with Gasteiger partial charge in [-0.05, 0) is 73.4 Å². The van der Waals surface area contributed by atoms with Crippen molar-refractivity contribution in [3.05, 3.63) is 89.5 Å². The molecule has 0 radical (unpaired) electrons. The predicted molar refractivity (Wildman–Crippen MR) is 122 cm³/mol. The molecule has 5 nitrogen and oxygen atoms in total. The van der Waals surface area contributed by atoms with Crippen LogP contribution in [0.2, 0.25) is 0 Å². The van der Waals surface area contributed by atoms with E-state index in [-0.39, 0.29) is 11.9 Å². The van der Waals surface area contributed by atoms with Crippen molar-refractivity contribution >= 4 is 17.3 Å². The van der Waals surface area contributed by atoms with Gasteiger partial charge in [-0.1, -0.05) is 30.3 Å². The fourth-order valence-electron chi connectivity index (χ4n) is 3.85. The third-order valence-electron chi connectivity index (χ3n) is 5.45. The summed E-state index contributed by atoms with van der Waals surface area (Å²) in [6.45, 7) is 3.04. The second kappa shape index (κ2) is 9.36. The van der Waals surface area contributed by atoms with Gasteiger partial charge in [0, 0.05) is 17.9 Å². The number of nitrogens with zero attached hydrogens (tertiary/aromatic N) is 2. The van der Waals surface area contributed by atoms with Crippen LogP contribution in [-0.4, -0.2) is 18.5 Å². The largest absolute Gasteiger partial charge is 0.489 e. The van der Waals surface area contributed by atoms with Crippen molar-refractivity contribution in [1.82, 2.24) is 0 Å². The first-order valence-electron chi connectivity index (χ1n) is 10.5. The normalized spacial score (nSPS) is 13.6. The maximum Gasteiger partial charge on any atom is 0.249 e. The molecule has 1 aliphatic rings. The zero-order valence-electron chi connectivity index (χ0n) is 17.5. The van der Waals surface area contributed by atoms with Gasteiger partial charge in [0.1, 0.15) is 18.4 Å². The minimum absolute atomic E-state index is 0.0739. The van der Waals surface area contributed by atoms with Gasteiger partial charge in [0.05, 0.1) is 11.6 Å².